The van der Waals surface area contributed by atoms with Crippen molar-refractivity contribution in [1.29, 1.82) is 0 Å². The van der Waals surface area contributed by atoms with Crippen LogP contribution in [0.1, 0.15) is 59.3 Å². The van der Waals surface area contributed by atoms with E-state index in [1.807, 2.05) is 0 Å². The van der Waals surface area contributed by atoms with Gasteiger partial charge in [-0.1, -0.05) is 0 Å². The van der Waals surface area contributed by atoms with Crippen LogP contribution in [-0.4, -0.2) is 162 Å². The Morgan fingerprint density at radius 3 is 1.48 bits per heavy atom. The van der Waals surface area contributed by atoms with E-state index in [0.29, 0.717) is 36.4 Å². The molecule has 2 aliphatic heterocycles. The molecular formula is C41H34O28. The van der Waals surface area contributed by atoms with Gasteiger partial charge >= 0.3 is 41.8 Å². The summed E-state index contributed by atoms with van der Waals surface area (Å²) in [6, 6.07) is 3.44. The number of aliphatic hydroxyl groups is 1. The van der Waals surface area contributed by atoms with Crippen molar-refractivity contribution in [2.24, 2.45) is 5.92 Å². The Balaban J connectivity index is 1.61. The minimum atomic E-state index is -3.04. The lowest BCUT2D eigenvalue weighted by molar-refractivity contribution is -0.287. The van der Waals surface area contributed by atoms with Crippen molar-refractivity contribution < 1.29 is 139 Å². The maximum absolute atomic E-state index is 14.5. The minimum absolute atomic E-state index is 0.268. The van der Waals surface area contributed by atoms with Gasteiger partial charge < -0.3 is 105 Å². The van der Waals surface area contributed by atoms with Crippen molar-refractivity contribution in [2.45, 2.75) is 49.1 Å². The lowest BCUT2D eigenvalue weighted by Gasteiger charge is -2.44. The van der Waals surface area contributed by atoms with Crippen LogP contribution in [0.5, 0.6) is 69.0 Å². The lowest BCUT2D eigenvalue weighted by atomic mass is 9.77. The van der Waals surface area contributed by atoms with Crippen LogP contribution in [0.25, 0.3) is 0 Å². The largest absolute Gasteiger partial charge is 0.504 e. The molecule has 2 heterocycles. The Morgan fingerprint density at radius 2 is 1.01 bits per heavy atom. The molecule has 0 spiro atoms. The second kappa shape index (κ2) is 18.9. The van der Waals surface area contributed by atoms with E-state index in [0.717, 1.165) is 0 Å². The van der Waals surface area contributed by atoms with Gasteiger partial charge in [0, 0.05) is 11.5 Å². The third-order valence-corrected chi connectivity index (χ3v) is 10.4. The van der Waals surface area contributed by atoms with E-state index < -0.39 is 200 Å². The molecule has 0 amide bonds. The number of ether oxygens (including phenoxy) is 6. The molecule has 69 heavy (non-hydrogen) atoms. The molecule has 28 heteroatoms. The molecule has 4 aromatic rings. The molecule has 0 unspecified atom stereocenters. The van der Waals surface area contributed by atoms with Crippen molar-refractivity contribution >= 4 is 41.8 Å². The maximum atomic E-state index is 14.5. The average molecular weight is 975 g/mol. The number of aliphatic carboxylic acids is 2. The summed E-state index contributed by atoms with van der Waals surface area (Å²) in [5.41, 5.74) is -5.02. The summed E-state index contributed by atoms with van der Waals surface area (Å²) in [4.78, 5) is 94.7. The number of benzene rings is 4. The normalized spacial score (nSPS) is 21.5. The van der Waals surface area contributed by atoms with Crippen LogP contribution in [0.3, 0.4) is 0 Å². The monoisotopic (exact) mass is 974 g/mol. The third-order valence-electron chi connectivity index (χ3n) is 10.4. The Morgan fingerprint density at radius 1 is 0.565 bits per heavy atom. The van der Waals surface area contributed by atoms with Crippen LogP contribution < -0.4 is 0 Å². The number of aliphatic hydroxyl groups excluding tert-OH is 1. The van der Waals surface area contributed by atoms with Crippen LogP contribution in [0.4, 0.5) is 0 Å². The number of carboxylic acid groups (broad SMARTS) is 2. The molecular weight excluding hydrogens is 940 g/mol. The van der Waals surface area contributed by atoms with Gasteiger partial charge in [-0.25, -0.2) is 24.0 Å². The molecule has 0 radical (unpaired) electrons. The van der Waals surface area contributed by atoms with E-state index >= 15 is 0 Å². The fourth-order valence-electron chi connectivity index (χ4n) is 7.13. The highest BCUT2D eigenvalue weighted by Crippen LogP contribution is 2.49. The second-order valence-corrected chi connectivity index (χ2v) is 14.8. The number of hydrogen-bond acceptors (Lipinski definition) is 26. The van der Waals surface area contributed by atoms with E-state index in [4.69, 9.17) is 28.4 Å². The van der Waals surface area contributed by atoms with E-state index in [1.54, 1.807) is 0 Å². The van der Waals surface area contributed by atoms with Crippen LogP contribution in [0, 0.1) is 5.92 Å². The number of phenolic OH excluding ortho intramolecular Hbond substituents is 12. The number of phenols is 12. The first kappa shape index (κ1) is 49.1. The maximum Gasteiger partial charge on any atom is 0.340 e. The predicted octanol–water partition coefficient (Wildman–Crippen LogP) is -0.111. The van der Waals surface area contributed by atoms with Gasteiger partial charge in [0.15, 0.2) is 81.6 Å². The highest BCUT2D eigenvalue weighted by Gasteiger charge is 2.57. The zero-order chi connectivity index (χ0) is 51.1. The van der Waals surface area contributed by atoms with Crippen molar-refractivity contribution in [3.8, 4) is 69.0 Å². The summed E-state index contributed by atoms with van der Waals surface area (Å²) in [5, 5.41) is 153. The van der Waals surface area contributed by atoms with Gasteiger partial charge in [0.2, 0.25) is 18.1 Å². The fourth-order valence-corrected chi connectivity index (χ4v) is 7.13. The Labute approximate surface area is 381 Å². The number of hydrogen-bond donors (Lipinski definition) is 15. The summed E-state index contributed by atoms with van der Waals surface area (Å²) in [6.45, 7) is -1.35. The van der Waals surface area contributed by atoms with Crippen molar-refractivity contribution in [1.82, 2.24) is 0 Å². The molecule has 0 saturated carbocycles. The molecule has 0 aromatic heterocycles. The Hall–Kier alpha value is -9.31. The molecule has 4 aromatic carbocycles. The summed E-state index contributed by atoms with van der Waals surface area (Å²) >= 11 is 0. The van der Waals surface area contributed by atoms with Crippen LogP contribution in [0.15, 0.2) is 42.5 Å². The first-order valence-electron chi connectivity index (χ1n) is 19.1. The molecule has 28 nitrogen and oxygen atoms in total. The molecule has 6 rings (SSSR count). The number of carboxylic acids is 2. The molecule has 0 aliphatic carbocycles. The molecule has 15 N–H and O–H groups in total. The van der Waals surface area contributed by atoms with Crippen LogP contribution in [-0.2, 0) is 42.8 Å². The average Bonchev–Trinajstić information content (AvgIpc) is 3.29. The smallest absolute Gasteiger partial charge is 0.340 e. The van der Waals surface area contributed by atoms with E-state index in [2.05, 4.69) is 0 Å². The first-order valence-corrected chi connectivity index (χ1v) is 19.1. The van der Waals surface area contributed by atoms with Crippen molar-refractivity contribution in [2.75, 3.05) is 6.61 Å². The van der Waals surface area contributed by atoms with Gasteiger partial charge in [-0.15, -0.1) is 0 Å². The standard InChI is InChI=1S/C41H34O28/c42-15-1-10(2-16(43)26(15)51)36(59)64-9-22-32-33(67-37(60)11-3-17(44)27(52)18(45)4-11)34(41(65-22)69-38(61)12-5-19(46)28(53)20(47)6-12)68-39(62)13-7-21(48)29(54)30(55)24(13)25(31(56)35(57)58)14(8-23(49)50)40(63)66-32/h1-7,14,22,25,31-34,41-48,51-56H,8-9H2,(H,49,50)(H,57,58)/t14-,22-,25+,31+,32-,33+,34-,41+/m1/s1. The molecule has 1 saturated heterocycles. The summed E-state index contributed by atoms with van der Waals surface area (Å²) in [7, 11) is 0. The number of rotatable bonds is 11. The van der Waals surface area contributed by atoms with Gasteiger partial charge in [-0.2, -0.15) is 0 Å². The number of fused-ring (bicyclic) bond motifs is 3. The van der Waals surface area contributed by atoms with Crippen LogP contribution >= 0.6 is 0 Å². The molecule has 1 fully saturated rings. The third kappa shape index (κ3) is 9.67. The molecule has 8 atom stereocenters. The molecule has 2 aliphatic rings. The number of carbonyl (C=O) groups is 7. The van der Waals surface area contributed by atoms with Gasteiger partial charge in [0.05, 0.1) is 34.6 Å². The zero-order valence-corrected chi connectivity index (χ0v) is 34.1. The van der Waals surface area contributed by atoms with E-state index in [1.165, 1.54) is 0 Å². The molecule has 2 bridgehead atoms. The van der Waals surface area contributed by atoms with Crippen LogP contribution in [0.2, 0.25) is 0 Å². The van der Waals surface area contributed by atoms with Crippen molar-refractivity contribution in [3.63, 3.8) is 0 Å². The van der Waals surface area contributed by atoms with Gasteiger partial charge in [-0.3, -0.25) is 9.59 Å². The summed E-state index contributed by atoms with van der Waals surface area (Å²) in [6.07, 6.45) is -17.4. The highest BCUT2D eigenvalue weighted by atomic mass is 16.7. The van der Waals surface area contributed by atoms with E-state index in [9.17, 15) is 110 Å². The van der Waals surface area contributed by atoms with Gasteiger partial charge in [0.25, 0.3) is 0 Å². The number of esters is 5. The van der Waals surface area contributed by atoms with Crippen molar-refractivity contribution in [3.05, 3.63) is 70.3 Å². The lowest BCUT2D eigenvalue weighted by Crippen LogP contribution is -2.63. The summed E-state index contributed by atoms with van der Waals surface area (Å²) < 4.78 is 33.2. The van der Waals surface area contributed by atoms with Gasteiger partial charge in [-0.05, 0) is 42.5 Å². The number of aromatic hydroxyl groups is 12. The highest BCUT2D eigenvalue weighted by molar-refractivity contribution is 5.96. The zero-order valence-electron chi connectivity index (χ0n) is 34.1. The van der Waals surface area contributed by atoms with Gasteiger partial charge in [0.1, 0.15) is 12.7 Å². The first-order chi connectivity index (χ1) is 32.3. The Bertz CT molecular complexity index is 2730. The number of carbonyl (C=O) groups excluding carboxylic acids is 5. The topological polar surface area (TPSA) is 478 Å². The SMILES string of the molecule is O=C(O)C[C@H]1C(=O)O[C@H]2[C@H](OC(=O)c3cc(O)c(O)c(O)c3)[C@@H](OC(=O)c3cc(O)c(O)c(O)c3[C@H]1[C@H](O)C(=O)O)[C@H](OC(=O)c1cc(O)c(O)c(O)c1)O[C@@H]2COC(=O)c1cc(O)c(O)c(O)c1. The Kier molecular flexibility index (Phi) is 13.4. The molecule has 366 valence electrons. The second-order valence-electron chi connectivity index (χ2n) is 14.8. The quantitative estimate of drug-likeness (QED) is 0.0529. The fraction of sp³-hybridized carbons (Fsp3) is 0.244. The van der Waals surface area contributed by atoms with E-state index in [-0.39, 0.29) is 6.07 Å². The minimum Gasteiger partial charge on any atom is -0.504 e. The summed E-state index contributed by atoms with van der Waals surface area (Å²) in [5.74, 6) is -33.1. The predicted molar refractivity (Wildman–Crippen MR) is 211 cm³/mol.